The summed E-state index contributed by atoms with van der Waals surface area (Å²) in [4.78, 5) is 17.1. The summed E-state index contributed by atoms with van der Waals surface area (Å²) >= 11 is 0. The summed E-state index contributed by atoms with van der Waals surface area (Å²) in [7, 11) is -1.43. The molecule has 0 spiro atoms. The molecule has 0 aliphatic heterocycles. The van der Waals surface area contributed by atoms with Crippen LogP contribution in [0.4, 0.5) is 0 Å². The molecule has 0 aliphatic carbocycles. The zero-order chi connectivity index (χ0) is 18.9. The van der Waals surface area contributed by atoms with E-state index in [0.717, 1.165) is 16.9 Å². The lowest BCUT2D eigenvalue weighted by atomic mass is 10.2. The van der Waals surface area contributed by atoms with Crippen molar-refractivity contribution >= 4 is 26.8 Å². The third-order valence-corrected chi connectivity index (χ3v) is 6.52. The number of benzene rings is 2. The summed E-state index contributed by atoms with van der Waals surface area (Å²) in [5.41, 5.74) is 2.29. The SMILES string of the molecule is CC(C)S(=O)(=O)c1ccc(C(=O)NCc2nc3ccccc3n2C)cc1. The summed E-state index contributed by atoms with van der Waals surface area (Å²) in [6, 6.07) is 13.8. The number of hydrogen-bond acceptors (Lipinski definition) is 4. The Morgan fingerprint density at radius 2 is 1.77 bits per heavy atom. The number of hydrogen-bond donors (Lipinski definition) is 1. The normalized spacial score (nSPS) is 11.8. The number of carbonyl (C=O) groups is 1. The molecular formula is C19H21N3O3S. The first-order chi connectivity index (χ1) is 12.3. The molecule has 136 valence electrons. The molecule has 6 nitrogen and oxygen atoms in total. The van der Waals surface area contributed by atoms with Crippen LogP contribution in [0.5, 0.6) is 0 Å². The highest BCUT2D eigenvalue weighted by Crippen LogP contribution is 2.17. The van der Waals surface area contributed by atoms with E-state index in [4.69, 9.17) is 0 Å². The summed E-state index contributed by atoms with van der Waals surface area (Å²) in [5.74, 6) is 0.476. The van der Waals surface area contributed by atoms with Crippen LogP contribution in [0.3, 0.4) is 0 Å². The van der Waals surface area contributed by atoms with Gasteiger partial charge in [0, 0.05) is 12.6 Å². The Morgan fingerprint density at radius 1 is 1.12 bits per heavy atom. The van der Waals surface area contributed by atoms with E-state index >= 15 is 0 Å². The molecule has 0 radical (unpaired) electrons. The molecule has 0 bridgehead atoms. The van der Waals surface area contributed by atoms with Crippen molar-refractivity contribution in [3.8, 4) is 0 Å². The van der Waals surface area contributed by atoms with Gasteiger partial charge in [0.25, 0.3) is 5.91 Å². The molecule has 0 aliphatic rings. The second kappa shape index (κ2) is 6.92. The van der Waals surface area contributed by atoms with E-state index in [2.05, 4.69) is 10.3 Å². The lowest BCUT2D eigenvalue weighted by Gasteiger charge is -2.09. The fourth-order valence-corrected chi connectivity index (χ4v) is 3.74. The van der Waals surface area contributed by atoms with Gasteiger partial charge in [0.05, 0.1) is 27.7 Å². The average molecular weight is 371 g/mol. The quantitative estimate of drug-likeness (QED) is 0.748. The fourth-order valence-electron chi connectivity index (χ4n) is 2.68. The Bertz CT molecular complexity index is 1050. The second-order valence-corrected chi connectivity index (χ2v) is 8.88. The number of imidazole rings is 1. The molecule has 2 aromatic carbocycles. The lowest BCUT2D eigenvalue weighted by molar-refractivity contribution is 0.0949. The highest BCUT2D eigenvalue weighted by atomic mass is 32.2. The third kappa shape index (κ3) is 3.35. The number of aromatic nitrogens is 2. The second-order valence-electron chi connectivity index (χ2n) is 6.38. The van der Waals surface area contributed by atoms with Gasteiger partial charge in [0.2, 0.25) is 0 Å². The van der Waals surface area contributed by atoms with Crippen molar-refractivity contribution < 1.29 is 13.2 Å². The minimum absolute atomic E-state index is 0.222. The molecule has 0 saturated carbocycles. The minimum Gasteiger partial charge on any atom is -0.345 e. The van der Waals surface area contributed by atoms with Crippen LogP contribution in [0.25, 0.3) is 11.0 Å². The topological polar surface area (TPSA) is 81.1 Å². The van der Waals surface area contributed by atoms with Crippen LogP contribution in [0.1, 0.15) is 30.0 Å². The van der Waals surface area contributed by atoms with Gasteiger partial charge in [-0.05, 0) is 50.2 Å². The number of carbonyl (C=O) groups excluding carboxylic acids is 1. The number of fused-ring (bicyclic) bond motifs is 1. The van der Waals surface area contributed by atoms with E-state index in [1.54, 1.807) is 13.8 Å². The Balaban J connectivity index is 1.73. The first-order valence-electron chi connectivity index (χ1n) is 8.33. The maximum Gasteiger partial charge on any atom is 0.251 e. The summed E-state index contributed by atoms with van der Waals surface area (Å²) in [6.07, 6.45) is 0. The fraction of sp³-hybridized carbons (Fsp3) is 0.263. The predicted octanol–water partition coefficient (Wildman–Crippen LogP) is 2.69. The molecule has 1 amide bonds. The van der Waals surface area contributed by atoms with Gasteiger partial charge in [-0.15, -0.1) is 0 Å². The van der Waals surface area contributed by atoms with Crippen molar-refractivity contribution in [2.45, 2.75) is 30.5 Å². The van der Waals surface area contributed by atoms with E-state index in [1.165, 1.54) is 24.3 Å². The van der Waals surface area contributed by atoms with Crippen LogP contribution in [-0.2, 0) is 23.4 Å². The molecule has 0 saturated heterocycles. The van der Waals surface area contributed by atoms with E-state index in [-0.39, 0.29) is 17.3 Å². The predicted molar refractivity (Wildman–Crippen MR) is 101 cm³/mol. The van der Waals surface area contributed by atoms with Crippen LogP contribution < -0.4 is 5.32 Å². The van der Waals surface area contributed by atoms with Crippen LogP contribution in [-0.4, -0.2) is 29.1 Å². The standard InChI is InChI=1S/C19H21N3O3S/c1-13(2)26(24,25)15-10-8-14(9-11-15)19(23)20-12-18-21-16-6-4-5-7-17(16)22(18)3/h4-11,13H,12H2,1-3H3,(H,20,23). The number of sulfone groups is 1. The van der Waals surface area contributed by atoms with Crippen LogP contribution in [0.2, 0.25) is 0 Å². The zero-order valence-corrected chi connectivity index (χ0v) is 15.7. The first kappa shape index (κ1) is 18.1. The van der Waals surface area contributed by atoms with Gasteiger partial charge in [-0.2, -0.15) is 0 Å². The molecule has 0 fully saturated rings. The van der Waals surface area contributed by atoms with Crippen molar-refractivity contribution in [2.24, 2.45) is 7.05 Å². The molecule has 0 unspecified atom stereocenters. The Kier molecular flexibility index (Phi) is 4.82. The largest absolute Gasteiger partial charge is 0.345 e. The van der Waals surface area contributed by atoms with E-state index in [9.17, 15) is 13.2 Å². The van der Waals surface area contributed by atoms with Crippen molar-refractivity contribution in [1.82, 2.24) is 14.9 Å². The summed E-state index contributed by atoms with van der Waals surface area (Å²) < 4.78 is 26.2. The number of amides is 1. The van der Waals surface area contributed by atoms with Crippen LogP contribution in [0.15, 0.2) is 53.4 Å². The maximum absolute atomic E-state index is 12.3. The van der Waals surface area contributed by atoms with Gasteiger partial charge >= 0.3 is 0 Å². The number of nitrogens with zero attached hydrogens (tertiary/aromatic N) is 2. The van der Waals surface area contributed by atoms with Gasteiger partial charge < -0.3 is 9.88 Å². The average Bonchev–Trinajstić information content (AvgIpc) is 2.96. The highest BCUT2D eigenvalue weighted by Gasteiger charge is 2.19. The van der Waals surface area contributed by atoms with Gasteiger partial charge in [-0.1, -0.05) is 12.1 Å². The number of aryl methyl sites for hydroxylation is 1. The summed E-state index contributed by atoms with van der Waals surface area (Å²) in [5, 5.41) is 2.33. The van der Waals surface area contributed by atoms with Crippen LogP contribution >= 0.6 is 0 Å². The number of para-hydroxylation sites is 2. The van der Waals surface area contributed by atoms with Gasteiger partial charge in [0.1, 0.15) is 5.82 Å². The van der Waals surface area contributed by atoms with E-state index in [1.807, 2.05) is 35.9 Å². The van der Waals surface area contributed by atoms with Crippen molar-refractivity contribution in [3.05, 3.63) is 59.9 Å². The molecular weight excluding hydrogens is 350 g/mol. The van der Waals surface area contributed by atoms with Crippen molar-refractivity contribution in [1.29, 1.82) is 0 Å². The van der Waals surface area contributed by atoms with Crippen LogP contribution in [0, 0.1) is 0 Å². The number of nitrogens with one attached hydrogen (secondary N) is 1. The zero-order valence-electron chi connectivity index (χ0n) is 14.9. The summed E-state index contributed by atoms with van der Waals surface area (Å²) in [6.45, 7) is 3.55. The molecule has 26 heavy (non-hydrogen) atoms. The van der Waals surface area contributed by atoms with Gasteiger partial charge in [-0.3, -0.25) is 4.79 Å². The highest BCUT2D eigenvalue weighted by molar-refractivity contribution is 7.92. The van der Waals surface area contributed by atoms with Gasteiger partial charge in [-0.25, -0.2) is 13.4 Å². The lowest BCUT2D eigenvalue weighted by Crippen LogP contribution is -2.24. The van der Waals surface area contributed by atoms with E-state index < -0.39 is 15.1 Å². The van der Waals surface area contributed by atoms with Gasteiger partial charge in [0.15, 0.2) is 9.84 Å². The molecule has 0 atom stereocenters. The Morgan fingerprint density at radius 3 is 2.38 bits per heavy atom. The van der Waals surface area contributed by atoms with Crippen molar-refractivity contribution in [2.75, 3.05) is 0 Å². The monoisotopic (exact) mass is 371 g/mol. The molecule has 1 aromatic heterocycles. The molecule has 3 rings (SSSR count). The smallest absolute Gasteiger partial charge is 0.251 e. The molecule has 1 N–H and O–H groups in total. The van der Waals surface area contributed by atoms with Crippen molar-refractivity contribution in [3.63, 3.8) is 0 Å². The molecule has 1 heterocycles. The maximum atomic E-state index is 12.3. The first-order valence-corrected chi connectivity index (χ1v) is 9.88. The molecule has 7 heteroatoms. The molecule has 3 aromatic rings. The van der Waals surface area contributed by atoms with E-state index in [0.29, 0.717) is 5.56 Å². The third-order valence-electron chi connectivity index (χ3n) is 4.35. The number of rotatable bonds is 5. The minimum atomic E-state index is -3.34. The Hall–Kier alpha value is -2.67. The Labute approximate surface area is 152 Å².